The molecule has 0 bridgehead atoms. The predicted octanol–water partition coefficient (Wildman–Crippen LogP) is 6.46. The Hall–Kier alpha value is -0.700. The summed E-state index contributed by atoms with van der Waals surface area (Å²) in [5.74, 6) is 1.26. The second kappa shape index (κ2) is 6.84. The summed E-state index contributed by atoms with van der Waals surface area (Å²) in [6, 6.07) is 11.6. The van der Waals surface area contributed by atoms with Gasteiger partial charge in [0.1, 0.15) is 12.4 Å². The summed E-state index contributed by atoms with van der Waals surface area (Å²) >= 11 is 15.7. The maximum Gasteiger partial charge on any atom is 0.123 e. The van der Waals surface area contributed by atoms with Crippen LogP contribution in [0.25, 0.3) is 0 Å². The fourth-order valence-corrected chi connectivity index (χ4v) is 2.67. The van der Waals surface area contributed by atoms with Crippen LogP contribution in [0.3, 0.4) is 0 Å². The van der Waals surface area contributed by atoms with Crippen LogP contribution in [-0.2, 0) is 6.61 Å². The van der Waals surface area contributed by atoms with E-state index in [1.807, 2.05) is 24.3 Å². The molecule has 0 atom stereocenters. The lowest BCUT2D eigenvalue weighted by Gasteiger charge is -2.15. The number of benzene rings is 2. The van der Waals surface area contributed by atoms with Crippen LogP contribution in [0.15, 0.2) is 40.9 Å². The van der Waals surface area contributed by atoms with E-state index in [0.717, 1.165) is 21.3 Å². The van der Waals surface area contributed by atoms with Gasteiger partial charge in [0.15, 0.2) is 0 Å². The fourth-order valence-electron chi connectivity index (χ4n) is 1.92. The number of halogens is 3. The van der Waals surface area contributed by atoms with Gasteiger partial charge in [-0.3, -0.25) is 0 Å². The molecule has 0 saturated heterocycles. The Morgan fingerprint density at radius 2 is 1.90 bits per heavy atom. The first-order chi connectivity index (χ1) is 9.49. The first-order valence-corrected chi connectivity index (χ1v) is 7.89. The third-order valence-electron chi connectivity index (χ3n) is 3.01. The number of ether oxygens (including phenoxy) is 1. The highest BCUT2D eigenvalue weighted by molar-refractivity contribution is 9.10. The highest BCUT2D eigenvalue weighted by Crippen LogP contribution is 2.31. The van der Waals surface area contributed by atoms with E-state index >= 15 is 0 Å². The van der Waals surface area contributed by atoms with Gasteiger partial charge in [0.25, 0.3) is 0 Å². The van der Waals surface area contributed by atoms with Gasteiger partial charge in [-0.2, -0.15) is 0 Å². The molecule has 2 aromatic carbocycles. The van der Waals surface area contributed by atoms with Gasteiger partial charge < -0.3 is 4.74 Å². The van der Waals surface area contributed by atoms with E-state index in [4.69, 9.17) is 27.9 Å². The number of hydrogen-bond acceptors (Lipinski definition) is 1. The molecule has 0 fully saturated rings. The predicted molar refractivity (Wildman–Crippen MR) is 89.0 cm³/mol. The Morgan fingerprint density at radius 3 is 2.60 bits per heavy atom. The normalized spacial score (nSPS) is 10.9. The van der Waals surface area contributed by atoms with Crippen LogP contribution < -0.4 is 4.74 Å². The molecule has 20 heavy (non-hydrogen) atoms. The minimum atomic E-state index is 0.386. The Kier molecular flexibility index (Phi) is 5.36. The quantitative estimate of drug-likeness (QED) is 0.597. The van der Waals surface area contributed by atoms with Crippen LogP contribution >= 0.6 is 39.1 Å². The van der Waals surface area contributed by atoms with Crippen molar-refractivity contribution < 1.29 is 4.74 Å². The molecule has 0 saturated carbocycles. The van der Waals surface area contributed by atoms with E-state index in [1.54, 1.807) is 6.07 Å². The fraction of sp³-hybridized carbons (Fsp3) is 0.250. The summed E-state index contributed by atoms with van der Waals surface area (Å²) in [6.07, 6.45) is 0. The summed E-state index contributed by atoms with van der Waals surface area (Å²) in [4.78, 5) is 0. The minimum absolute atomic E-state index is 0.386. The topological polar surface area (TPSA) is 9.23 Å². The summed E-state index contributed by atoms with van der Waals surface area (Å²) < 4.78 is 6.96. The molecular weight excluding hydrogens is 359 g/mol. The molecule has 0 N–H and O–H groups in total. The van der Waals surface area contributed by atoms with Crippen molar-refractivity contribution in [3.63, 3.8) is 0 Å². The lowest BCUT2D eigenvalue weighted by Crippen LogP contribution is -2.00. The standard InChI is InChI=1S/C16H15BrCl2O/c1-10(2)13-8-12(17)6-7-15(13)20-9-11-4-3-5-14(18)16(11)19/h3-8,10H,9H2,1-2H3. The van der Waals surface area contributed by atoms with Crippen LogP contribution in [0.2, 0.25) is 10.0 Å². The molecule has 0 aliphatic rings. The minimum Gasteiger partial charge on any atom is -0.489 e. The third-order valence-corrected chi connectivity index (χ3v) is 4.36. The van der Waals surface area contributed by atoms with Crippen LogP contribution in [-0.4, -0.2) is 0 Å². The van der Waals surface area contributed by atoms with Crippen molar-refractivity contribution in [2.45, 2.75) is 26.4 Å². The average Bonchev–Trinajstić information content (AvgIpc) is 2.41. The summed E-state index contributed by atoms with van der Waals surface area (Å²) in [6.45, 7) is 4.68. The summed E-state index contributed by atoms with van der Waals surface area (Å²) in [7, 11) is 0. The molecule has 2 aromatic rings. The molecule has 1 nitrogen and oxygen atoms in total. The van der Waals surface area contributed by atoms with Gasteiger partial charge >= 0.3 is 0 Å². The van der Waals surface area contributed by atoms with Gasteiger partial charge in [-0.05, 0) is 35.7 Å². The molecule has 0 radical (unpaired) electrons. The van der Waals surface area contributed by atoms with Crippen molar-refractivity contribution in [3.05, 3.63) is 62.0 Å². The molecule has 0 amide bonds. The van der Waals surface area contributed by atoms with Gasteiger partial charge in [0, 0.05) is 10.0 Å². The van der Waals surface area contributed by atoms with E-state index in [1.165, 1.54) is 0 Å². The van der Waals surface area contributed by atoms with Gasteiger partial charge in [-0.15, -0.1) is 0 Å². The highest BCUT2D eigenvalue weighted by atomic mass is 79.9. The lowest BCUT2D eigenvalue weighted by atomic mass is 10.0. The van der Waals surface area contributed by atoms with Crippen molar-refractivity contribution in [3.8, 4) is 5.75 Å². The molecule has 106 valence electrons. The van der Waals surface area contributed by atoms with Crippen LogP contribution in [0, 0.1) is 0 Å². The molecule has 0 spiro atoms. The smallest absolute Gasteiger partial charge is 0.123 e. The second-order valence-electron chi connectivity index (χ2n) is 4.84. The molecule has 4 heteroatoms. The average molecular weight is 374 g/mol. The Labute approximate surface area is 138 Å². The van der Waals surface area contributed by atoms with Crippen LogP contribution in [0.1, 0.15) is 30.9 Å². The maximum atomic E-state index is 6.17. The van der Waals surface area contributed by atoms with E-state index in [9.17, 15) is 0 Å². The summed E-state index contributed by atoms with van der Waals surface area (Å²) in [5, 5.41) is 1.10. The van der Waals surface area contributed by atoms with E-state index in [0.29, 0.717) is 22.6 Å². The molecular formula is C16H15BrCl2O. The Morgan fingerprint density at radius 1 is 1.15 bits per heavy atom. The molecule has 0 aliphatic heterocycles. The molecule has 0 heterocycles. The lowest BCUT2D eigenvalue weighted by molar-refractivity contribution is 0.302. The molecule has 0 aliphatic carbocycles. The number of rotatable bonds is 4. The van der Waals surface area contributed by atoms with Crippen molar-refractivity contribution >= 4 is 39.1 Å². The zero-order valence-corrected chi connectivity index (χ0v) is 14.4. The van der Waals surface area contributed by atoms with Crippen molar-refractivity contribution in [1.29, 1.82) is 0 Å². The molecule has 2 rings (SSSR count). The van der Waals surface area contributed by atoms with Crippen LogP contribution in [0.5, 0.6) is 5.75 Å². The van der Waals surface area contributed by atoms with Gasteiger partial charge in [-0.25, -0.2) is 0 Å². The van der Waals surface area contributed by atoms with Crippen molar-refractivity contribution in [2.75, 3.05) is 0 Å². The van der Waals surface area contributed by atoms with Crippen molar-refractivity contribution in [2.24, 2.45) is 0 Å². The maximum absolute atomic E-state index is 6.17. The zero-order valence-electron chi connectivity index (χ0n) is 11.3. The molecule has 0 unspecified atom stereocenters. The van der Waals surface area contributed by atoms with Crippen LogP contribution in [0.4, 0.5) is 0 Å². The first kappa shape index (κ1) is 15.7. The van der Waals surface area contributed by atoms with Gasteiger partial charge in [0.2, 0.25) is 0 Å². The second-order valence-corrected chi connectivity index (χ2v) is 6.54. The van der Waals surface area contributed by atoms with Gasteiger partial charge in [-0.1, -0.05) is 65.1 Å². The van der Waals surface area contributed by atoms with E-state index in [2.05, 4.69) is 35.8 Å². The Balaban J connectivity index is 2.21. The SMILES string of the molecule is CC(C)c1cc(Br)ccc1OCc1cccc(Cl)c1Cl. The monoisotopic (exact) mass is 372 g/mol. The highest BCUT2D eigenvalue weighted by Gasteiger charge is 2.10. The van der Waals surface area contributed by atoms with E-state index in [-0.39, 0.29) is 0 Å². The largest absolute Gasteiger partial charge is 0.489 e. The molecule has 0 aromatic heterocycles. The summed E-state index contributed by atoms with van der Waals surface area (Å²) in [5.41, 5.74) is 2.05. The first-order valence-electron chi connectivity index (χ1n) is 6.34. The van der Waals surface area contributed by atoms with E-state index < -0.39 is 0 Å². The third kappa shape index (κ3) is 3.69. The number of hydrogen-bond donors (Lipinski definition) is 0. The Bertz CT molecular complexity index is 611. The zero-order chi connectivity index (χ0) is 14.7. The van der Waals surface area contributed by atoms with Gasteiger partial charge in [0.05, 0.1) is 10.0 Å². The van der Waals surface area contributed by atoms with Crippen molar-refractivity contribution in [1.82, 2.24) is 0 Å².